The van der Waals surface area contributed by atoms with E-state index < -0.39 is 16.8 Å². The van der Waals surface area contributed by atoms with Crippen LogP contribution in [0.15, 0.2) is 0 Å². The first-order valence-electron chi connectivity index (χ1n) is 2.57. The summed E-state index contributed by atoms with van der Waals surface area (Å²) in [5.74, 6) is 0. The minimum atomic E-state index is -3.14. The molecule has 0 unspecified atom stereocenters. The van der Waals surface area contributed by atoms with Crippen LogP contribution in [0.5, 0.6) is 0 Å². The molecule has 0 aliphatic heterocycles. The Labute approximate surface area is 55.8 Å². The van der Waals surface area contributed by atoms with Crippen molar-refractivity contribution in [3.05, 3.63) is 0 Å². The molecule has 0 aliphatic rings. The van der Waals surface area contributed by atoms with E-state index >= 15 is 0 Å². The average Bonchev–Trinajstić information content (AvgIpc) is 1.63. The molecule has 0 fully saturated rings. The van der Waals surface area contributed by atoms with Gasteiger partial charge < -0.3 is 0 Å². The Hall–Kier alpha value is 0.160. The SMILES string of the molecule is CC(C)NS(O)(O)CF. The van der Waals surface area contributed by atoms with E-state index in [0.29, 0.717) is 0 Å². The van der Waals surface area contributed by atoms with Crippen molar-refractivity contribution in [1.29, 1.82) is 0 Å². The van der Waals surface area contributed by atoms with E-state index in [1.54, 1.807) is 13.8 Å². The Bertz CT molecular complexity index is 88.6. The van der Waals surface area contributed by atoms with Crippen molar-refractivity contribution >= 4 is 10.8 Å². The molecule has 0 amide bonds. The molecule has 0 radical (unpaired) electrons. The van der Waals surface area contributed by atoms with E-state index in [9.17, 15) is 4.39 Å². The minimum absolute atomic E-state index is 0.106. The van der Waals surface area contributed by atoms with Crippen molar-refractivity contribution < 1.29 is 13.5 Å². The van der Waals surface area contributed by atoms with Crippen LogP contribution in [0.3, 0.4) is 0 Å². The van der Waals surface area contributed by atoms with E-state index in [4.69, 9.17) is 9.11 Å². The van der Waals surface area contributed by atoms with Gasteiger partial charge in [0.25, 0.3) is 0 Å². The largest absolute Gasteiger partial charge is 0.283 e. The molecule has 3 N–H and O–H groups in total. The zero-order chi connectivity index (χ0) is 7.49. The molecule has 0 saturated carbocycles. The Morgan fingerprint density at radius 1 is 1.56 bits per heavy atom. The standard InChI is InChI=1S/C4H12FNO2S/c1-4(2)6-9(7,8)3-5/h4,6-8H,3H2,1-2H3. The highest BCUT2D eigenvalue weighted by atomic mass is 32.3. The smallest absolute Gasteiger partial charge is 0.192 e. The van der Waals surface area contributed by atoms with Crippen LogP contribution >= 0.6 is 10.8 Å². The van der Waals surface area contributed by atoms with Gasteiger partial charge in [0.1, 0.15) is 0 Å². The molecule has 0 bridgehead atoms. The molecule has 9 heavy (non-hydrogen) atoms. The van der Waals surface area contributed by atoms with E-state index in [0.717, 1.165) is 0 Å². The molecule has 0 atom stereocenters. The van der Waals surface area contributed by atoms with Gasteiger partial charge in [0.2, 0.25) is 0 Å². The van der Waals surface area contributed by atoms with Gasteiger partial charge >= 0.3 is 0 Å². The lowest BCUT2D eigenvalue weighted by atomic mass is 10.4. The fourth-order valence-corrected chi connectivity index (χ4v) is 1.23. The van der Waals surface area contributed by atoms with E-state index in [1.165, 1.54) is 0 Å². The second-order valence-electron chi connectivity index (χ2n) is 2.05. The third kappa shape index (κ3) is 4.65. The fourth-order valence-electron chi connectivity index (χ4n) is 0.409. The van der Waals surface area contributed by atoms with E-state index in [1.807, 2.05) is 0 Å². The maximum atomic E-state index is 11.6. The molecule has 0 spiro atoms. The molecule has 0 heterocycles. The monoisotopic (exact) mass is 157 g/mol. The number of rotatable bonds is 3. The van der Waals surface area contributed by atoms with Crippen molar-refractivity contribution in [2.75, 3.05) is 6.01 Å². The normalized spacial score (nSPS) is 14.4. The summed E-state index contributed by atoms with van der Waals surface area (Å²) in [6, 6.07) is -1.23. The lowest BCUT2D eigenvalue weighted by molar-refractivity contribution is 0.426. The van der Waals surface area contributed by atoms with Crippen LogP contribution in [0.1, 0.15) is 13.8 Å². The van der Waals surface area contributed by atoms with Gasteiger partial charge in [-0.1, -0.05) is 0 Å². The first-order chi connectivity index (χ1) is 3.98. The highest BCUT2D eigenvalue weighted by Gasteiger charge is 2.10. The third-order valence-corrected chi connectivity index (χ3v) is 1.73. The Balaban J connectivity index is 3.58. The molecular weight excluding hydrogens is 145 g/mol. The summed E-state index contributed by atoms with van der Waals surface area (Å²) < 4.78 is 31.2. The summed E-state index contributed by atoms with van der Waals surface area (Å²) in [5.41, 5.74) is 0. The molecule has 0 rings (SSSR count). The Morgan fingerprint density at radius 2 is 2.00 bits per heavy atom. The van der Waals surface area contributed by atoms with Crippen LogP contribution in [-0.4, -0.2) is 21.2 Å². The third-order valence-electron chi connectivity index (χ3n) is 0.577. The van der Waals surface area contributed by atoms with Gasteiger partial charge in [-0.05, 0) is 13.8 Å². The number of hydrogen-bond acceptors (Lipinski definition) is 3. The molecule has 5 heteroatoms. The highest BCUT2D eigenvalue weighted by Crippen LogP contribution is 2.33. The predicted molar refractivity (Wildman–Crippen MR) is 37.1 cm³/mol. The second-order valence-corrected chi connectivity index (χ2v) is 3.84. The van der Waals surface area contributed by atoms with Gasteiger partial charge in [0.15, 0.2) is 6.01 Å². The highest BCUT2D eigenvalue weighted by molar-refractivity contribution is 8.22. The average molecular weight is 157 g/mol. The lowest BCUT2D eigenvalue weighted by Crippen LogP contribution is -2.27. The number of alkyl halides is 1. The maximum Gasteiger partial charge on any atom is 0.192 e. The molecule has 0 aromatic carbocycles. The summed E-state index contributed by atoms with van der Waals surface area (Å²) in [5, 5.41) is 0. The van der Waals surface area contributed by atoms with Crippen LogP contribution in [0.4, 0.5) is 4.39 Å². The molecule has 0 saturated heterocycles. The molecule has 58 valence electrons. The summed E-state index contributed by atoms with van der Waals surface area (Å²) in [6.07, 6.45) is 0. The summed E-state index contributed by atoms with van der Waals surface area (Å²) in [7, 11) is -3.14. The van der Waals surface area contributed by atoms with Crippen LogP contribution < -0.4 is 4.72 Å². The van der Waals surface area contributed by atoms with Gasteiger partial charge in [-0.15, -0.1) is 10.8 Å². The van der Waals surface area contributed by atoms with Gasteiger partial charge in [-0.2, -0.15) is 0 Å². The predicted octanol–water partition coefficient (Wildman–Crippen LogP) is 1.58. The first kappa shape index (κ1) is 9.16. The molecule has 0 aromatic heterocycles. The lowest BCUT2D eigenvalue weighted by Gasteiger charge is -2.31. The molecular formula is C4H12FNO2S. The quantitative estimate of drug-likeness (QED) is 0.583. The summed E-state index contributed by atoms with van der Waals surface area (Å²) in [6.45, 7) is 3.42. The van der Waals surface area contributed by atoms with Crippen molar-refractivity contribution in [2.45, 2.75) is 19.9 Å². The zero-order valence-electron chi connectivity index (χ0n) is 5.47. The van der Waals surface area contributed by atoms with Crippen molar-refractivity contribution in [1.82, 2.24) is 4.72 Å². The topological polar surface area (TPSA) is 52.5 Å². The first-order valence-corrected chi connectivity index (χ1v) is 4.28. The van der Waals surface area contributed by atoms with Crippen molar-refractivity contribution in [3.8, 4) is 0 Å². The van der Waals surface area contributed by atoms with Crippen LogP contribution in [-0.2, 0) is 0 Å². The van der Waals surface area contributed by atoms with Gasteiger partial charge in [0.05, 0.1) is 0 Å². The molecule has 0 aliphatic carbocycles. The van der Waals surface area contributed by atoms with E-state index in [2.05, 4.69) is 4.72 Å². The van der Waals surface area contributed by atoms with Crippen molar-refractivity contribution in [3.63, 3.8) is 0 Å². The molecule has 3 nitrogen and oxygen atoms in total. The number of halogens is 1. The van der Waals surface area contributed by atoms with Gasteiger partial charge in [-0.3, -0.25) is 9.11 Å². The fraction of sp³-hybridized carbons (Fsp3) is 1.00. The van der Waals surface area contributed by atoms with Crippen LogP contribution in [0, 0.1) is 0 Å². The Morgan fingerprint density at radius 3 is 2.11 bits per heavy atom. The molecule has 0 aromatic rings. The maximum absolute atomic E-state index is 11.6. The van der Waals surface area contributed by atoms with E-state index in [-0.39, 0.29) is 6.04 Å². The van der Waals surface area contributed by atoms with Crippen molar-refractivity contribution in [2.24, 2.45) is 0 Å². The zero-order valence-corrected chi connectivity index (χ0v) is 6.28. The van der Waals surface area contributed by atoms with Gasteiger partial charge in [-0.25, -0.2) is 9.11 Å². The summed E-state index contributed by atoms with van der Waals surface area (Å²) in [4.78, 5) is 0. The Kier molecular flexibility index (Phi) is 3.42. The second kappa shape index (κ2) is 3.36. The van der Waals surface area contributed by atoms with Crippen LogP contribution in [0.25, 0.3) is 0 Å². The van der Waals surface area contributed by atoms with Crippen LogP contribution in [0.2, 0.25) is 0 Å². The minimum Gasteiger partial charge on any atom is -0.283 e. The number of hydrogen-bond donors (Lipinski definition) is 3. The van der Waals surface area contributed by atoms with Gasteiger partial charge in [0, 0.05) is 6.04 Å². The summed E-state index contributed by atoms with van der Waals surface area (Å²) >= 11 is 0. The number of nitrogens with one attached hydrogen (secondary N) is 1.